The summed E-state index contributed by atoms with van der Waals surface area (Å²) in [5.41, 5.74) is -0.222. The van der Waals surface area contributed by atoms with Crippen LogP contribution in [-0.4, -0.2) is 39.5 Å². The Labute approximate surface area is 103 Å². The second kappa shape index (κ2) is 5.50. The maximum atomic E-state index is 11.0. The minimum Gasteiger partial charge on any atom is -0.487 e. The molecule has 0 radical (unpaired) electrons. The van der Waals surface area contributed by atoms with Crippen LogP contribution in [0.15, 0.2) is 18.2 Å². The van der Waals surface area contributed by atoms with Crippen LogP contribution in [0.2, 0.25) is 0 Å². The Balaban J connectivity index is 3.15. The SMILES string of the molecule is CC(O)C(C)Oc1cc(C(=O)O)ccc1C(=O)O. The van der Waals surface area contributed by atoms with E-state index >= 15 is 0 Å². The summed E-state index contributed by atoms with van der Waals surface area (Å²) in [6, 6.07) is 3.48. The first-order valence-corrected chi connectivity index (χ1v) is 5.28. The Bertz CT molecular complexity index is 466. The molecule has 0 amide bonds. The number of aliphatic hydroxyl groups excluding tert-OH is 1. The van der Waals surface area contributed by atoms with Crippen molar-refractivity contribution in [1.29, 1.82) is 0 Å². The number of carbonyl (C=O) groups is 2. The van der Waals surface area contributed by atoms with Gasteiger partial charge in [-0.05, 0) is 32.0 Å². The lowest BCUT2D eigenvalue weighted by Gasteiger charge is -2.18. The Morgan fingerprint density at radius 3 is 2.22 bits per heavy atom. The summed E-state index contributed by atoms with van der Waals surface area (Å²) in [6.45, 7) is 3.05. The highest BCUT2D eigenvalue weighted by atomic mass is 16.5. The molecule has 6 heteroatoms. The summed E-state index contributed by atoms with van der Waals surface area (Å²) >= 11 is 0. The Hall–Kier alpha value is -2.08. The zero-order valence-electron chi connectivity index (χ0n) is 9.95. The van der Waals surface area contributed by atoms with Crippen LogP contribution in [0.1, 0.15) is 34.6 Å². The molecule has 0 aliphatic heterocycles. The van der Waals surface area contributed by atoms with Gasteiger partial charge in [0.25, 0.3) is 0 Å². The number of aliphatic hydroxyl groups is 1. The normalized spacial score (nSPS) is 13.7. The van der Waals surface area contributed by atoms with Crippen LogP contribution in [0.25, 0.3) is 0 Å². The van der Waals surface area contributed by atoms with Crippen LogP contribution in [0.3, 0.4) is 0 Å². The van der Waals surface area contributed by atoms with E-state index in [0.717, 1.165) is 12.1 Å². The first-order chi connectivity index (χ1) is 8.32. The average molecular weight is 254 g/mol. The van der Waals surface area contributed by atoms with E-state index in [4.69, 9.17) is 14.9 Å². The Morgan fingerprint density at radius 1 is 1.17 bits per heavy atom. The summed E-state index contributed by atoms with van der Waals surface area (Å²) < 4.78 is 5.26. The minimum absolute atomic E-state index is 0.0733. The summed E-state index contributed by atoms with van der Waals surface area (Å²) in [7, 11) is 0. The summed E-state index contributed by atoms with van der Waals surface area (Å²) in [5, 5.41) is 27.1. The maximum Gasteiger partial charge on any atom is 0.339 e. The molecule has 98 valence electrons. The van der Waals surface area contributed by atoms with E-state index in [0.29, 0.717) is 0 Å². The highest BCUT2D eigenvalue weighted by Crippen LogP contribution is 2.22. The average Bonchev–Trinajstić information content (AvgIpc) is 2.28. The van der Waals surface area contributed by atoms with Crippen LogP contribution in [0.4, 0.5) is 0 Å². The summed E-state index contributed by atoms with van der Waals surface area (Å²) in [4.78, 5) is 21.8. The predicted molar refractivity (Wildman–Crippen MR) is 62.1 cm³/mol. The molecule has 0 saturated heterocycles. The molecule has 1 aromatic rings. The van der Waals surface area contributed by atoms with Crippen molar-refractivity contribution in [2.75, 3.05) is 0 Å². The molecule has 0 aliphatic rings. The molecular weight excluding hydrogens is 240 g/mol. The number of benzene rings is 1. The van der Waals surface area contributed by atoms with Crippen molar-refractivity contribution in [3.8, 4) is 5.75 Å². The molecule has 0 spiro atoms. The predicted octanol–water partition coefficient (Wildman–Crippen LogP) is 1.23. The van der Waals surface area contributed by atoms with E-state index in [2.05, 4.69) is 0 Å². The molecule has 0 fully saturated rings. The molecular formula is C12H14O6. The molecule has 0 aromatic heterocycles. The van der Waals surface area contributed by atoms with E-state index in [-0.39, 0.29) is 16.9 Å². The van der Waals surface area contributed by atoms with E-state index < -0.39 is 24.1 Å². The second-order valence-corrected chi connectivity index (χ2v) is 3.88. The van der Waals surface area contributed by atoms with Crippen LogP contribution < -0.4 is 4.74 Å². The van der Waals surface area contributed by atoms with Crippen molar-refractivity contribution in [2.24, 2.45) is 0 Å². The maximum absolute atomic E-state index is 11.0. The summed E-state index contributed by atoms with van der Waals surface area (Å²) in [5.74, 6) is -2.47. The van der Waals surface area contributed by atoms with Gasteiger partial charge in [0.15, 0.2) is 0 Å². The Kier molecular flexibility index (Phi) is 4.28. The molecule has 1 rings (SSSR count). The van der Waals surface area contributed by atoms with Crippen molar-refractivity contribution in [2.45, 2.75) is 26.1 Å². The first kappa shape index (κ1) is 14.0. The van der Waals surface area contributed by atoms with Crippen LogP contribution in [0, 0.1) is 0 Å². The van der Waals surface area contributed by atoms with Crippen molar-refractivity contribution in [3.05, 3.63) is 29.3 Å². The molecule has 0 heterocycles. The van der Waals surface area contributed by atoms with Crippen LogP contribution in [-0.2, 0) is 0 Å². The second-order valence-electron chi connectivity index (χ2n) is 3.88. The number of carboxylic acid groups (broad SMARTS) is 2. The van der Waals surface area contributed by atoms with Gasteiger partial charge in [0.05, 0.1) is 11.7 Å². The minimum atomic E-state index is -1.22. The fourth-order valence-corrected chi connectivity index (χ4v) is 1.23. The van der Waals surface area contributed by atoms with Gasteiger partial charge < -0.3 is 20.1 Å². The van der Waals surface area contributed by atoms with E-state index in [1.54, 1.807) is 6.92 Å². The fraction of sp³-hybridized carbons (Fsp3) is 0.333. The third-order valence-electron chi connectivity index (χ3n) is 2.45. The molecule has 0 bridgehead atoms. The van der Waals surface area contributed by atoms with Gasteiger partial charge in [0.2, 0.25) is 0 Å². The van der Waals surface area contributed by atoms with E-state index in [1.807, 2.05) is 0 Å². The highest BCUT2D eigenvalue weighted by molar-refractivity contribution is 5.94. The van der Waals surface area contributed by atoms with E-state index in [1.165, 1.54) is 13.0 Å². The smallest absolute Gasteiger partial charge is 0.339 e. The van der Waals surface area contributed by atoms with Gasteiger partial charge in [0, 0.05) is 0 Å². The number of rotatable bonds is 5. The van der Waals surface area contributed by atoms with Crippen molar-refractivity contribution in [3.63, 3.8) is 0 Å². The molecule has 2 atom stereocenters. The summed E-state index contributed by atoms with van der Waals surface area (Å²) in [6.07, 6.45) is -1.45. The van der Waals surface area contributed by atoms with Crippen LogP contribution >= 0.6 is 0 Å². The third kappa shape index (κ3) is 3.21. The zero-order chi connectivity index (χ0) is 13.9. The molecule has 0 aliphatic carbocycles. The third-order valence-corrected chi connectivity index (χ3v) is 2.45. The number of carboxylic acids is 2. The zero-order valence-corrected chi connectivity index (χ0v) is 9.95. The van der Waals surface area contributed by atoms with Crippen molar-refractivity contribution < 1.29 is 29.6 Å². The monoisotopic (exact) mass is 254 g/mol. The van der Waals surface area contributed by atoms with Gasteiger partial charge >= 0.3 is 11.9 Å². The van der Waals surface area contributed by atoms with Gasteiger partial charge in [0.1, 0.15) is 17.4 Å². The standard InChI is InChI=1S/C12H14O6/c1-6(13)7(2)18-10-5-8(11(14)15)3-4-9(10)12(16)17/h3-7,13H,1-2H3,(H,14,15)(H,16,17). The topological polar surface area (TPSA) is 104 Å². The van der Waals surface area contributed by atoms with Gasteiger partial charge in [-0.25, -0.2) is 9.59 Å². The molecule has 2 unspecified atom stereocenters. The van der Waals surface area contributed by atoms with E-state index in [9.17, 15) is 14.7 Å². The highest BCUT2D eigenvalue weighted by Gasteiger charge is 2.18. The molecule has 0 saturated carbocycles. The number of ether oxygens (including phenoxy) is 1. The van der Waals surface area contributed by atoms with Crippen LogP contribution in [0.5, 0.6) is 5.75 Å². The first-order valence-electron chi connectivity index (χ1n) is 5.28. The van der Waals surface area contributed by atoms with Gasteiger partial charge in [-0.3, -0.25) is 0 Å². The number of aromatic carboxylic acids is 2. The number of hydrogen-bond donors (Lipinski definition) is 3. The lowest BCUT2D eigenvalue weighted by molar-refractivity contribution is 0.0556. The fourth-order valence-electron chi connectivity index (χ4n) is 1.23. The Morgan fingerprint density at radius 2 is 1.78 bits per heavy atom. The molecule has 3 N–H and O–H groups in total. The quantitative estimate of drug-likeness (QED) is 0.730. The lowest BCUT2D eigenvalue weighted by atomic mass is 10.1. The largest absolute Gasteiger partial charge is 0.487 e. The molecule has 6 nitrogen and oxygen atoms in total. The van der Waals surface area contributed by atoms with Crippen molar-refractivity contribution >= 4 is 11.9 Å². The van der Waals surface area contributed by atoms with Gasteiger partial charge in [-0.2, -0.15) is 0 Å². The number of hydrogen-bond acceptors (Lipinski definition) is 4. The van der Waals surface area contributed by atoms with Gasteiger partial charge in [-0.1, -0.05) is 0 Å². The molecule has 18 heavy (non-hydrogen) atoms. The molecule has 1 aromatic carbocycles. The lowest BCUT2D eigenvalue weighted by Crippen LogP contribution is -2.26. The van der Waals surface area contributed by atoms with Crippen molar-refractivity contribution in [1.82, 2.24) is 0 Å². The van der Waals surface area contributed by atoms with Gasteiger partial charge in [-0.15, -0.1) is 0 Å².